The second-order valence-electron chi connectivity index (χ2n) is 6.77. The number of carbonyl (C=O) groups is 2. The van der Waals surface area contributed by atoms with Gasteiger partial charge < -0.3 is 15.1 Å². The van der Waals surface area contributed by atoms with E-state index in [1.807, 2.05) is 40.1 Å². The first-order valence-corrected chi connectivity index (χ1v) is 8.67. The van der Waals surface area contributed by atoms with Gasteiger partial charge in [0.05, 0.1) is 16.6 Å². The van der Waals surface area contributed by atoms with Gasteiger partial charge in [-0.1, -0.05) is 17.7 Å². The molecule has 1 fully saturated rings. The third-order valence-electron chi connectivity index (χ3n) is 4.25. The molecule has 1 aliphatic rings. The van der Waals surface area contributed by atoms with Crippen LogP contribution in [0.1, 0.15) is 24.0 Å². The zero-order valence-electron chi connectivity index (χ0n) is 14.9. The van der Waals surface area contributed by atoms with E-state index in [1.54, 1.807) is 4.90 Å². The van der Waals surface area contributed by atoms with Crippen molar-refractivity contribution in [2.75, 3.05) is 38.6 Å². The van der Waals surface area contributed by atoms with E-state index in [0.29, 0.717) is 18.1 Å². The summed E-state index contributed by atoms with van der Waals surface area (Å²) in [4.78, 5) is 28.4. The third kappa shape index (κ3) is 4.48. The van der Waals surface area contributed by atoms with Gasteiger partial charge in [-0.3, -0.25) is 9.59 Å². The Morgan fingerprint density at radius 2 is 2.08 bits per heavy atom. The Labute approximate surface area is 149 Å². The fraction of sp³-hybridized carbons (Fsp3) is 0.556. The molecule has 5 nitrogen and oxygen atoms in total. The predicted octanol–water partition coefficient (Wildman–Crippen LogP) is 2.38. The first-order chi connectivity index (χ1) is 11.3. The van der Waals surface area contributed by atoms with Gasteiger partial charge in [0.25, 0.3) is 0 Å². The third-order valence-corrected chi connectivity index (χ3v) is 4.53. The molecule has 6 heteroatoms. The molecule has 1 aromatic carbocycles. The number of hydrogen-bond acceptors (Lipinski definition) is 3. The normalized spacial score (nSPS) is 17.7. The number of anilines is 1. The van der Waals surface area contributed by atoms with Crippen LogP contribution in [-0.2, 0) is 9.59 Å². The Morgan fingerprint density at radius 3 is 2.71 bits per heavy atom. The molecule has 0 spiro atoms. The summed E-state index contributed by atoms with van der Waals surface area (Å²) in [7, 11) is 4.01. The van der Waals surface area contributed by atoms with Crippen LogP contribution >= 0.6 is 11.6 Å². The van der Waals surface area contributed by atoms with Gasteiger partial charge in [0.15, 0.2) is 0 Å². The zero-order chi connectivity index (χ0) is 17.9. The van der Waals surface area contributed by atoms with E-state index >= 15 is 0 Å². The number of aryl methyl sites for hydroxylation is 2. The van der Waals surface area contributed by atoms with E-state index in [9.17, 15) is 9.59 Å². The highest BCUT2D eigenvalue weighted by Crippen LogP contribution is 2.35. The van der Waals surface area contributed by atoms with Gasteiger partial charge in [-0.25, -0.2) is 0 Å². The lowest BCUT2D eigenvalue weighted by atomic mass is 10.1. The minimum absolute atomic E-state index is 0.0442. The van der Waals surface area contributed by atoms with Crippen molar-refractivity contribution in [2.45, 2.75) is 26.7 Å². The number of benzene rings is 1. The van der Waals surface area contributed by atoms with Crippen LogP contribution in [0.15, 0.2) is 12.1 Å². The van der Waals surface area contributed by atoms with Crippen molar-refractivity contribution < 1.29 is 9.59 Å². The molecule has 132 valence electrons. The van der Waals surface area contributed by atoms with Gasteiger partial charge in [-0.05, 0) is 58.1 Å². The van der Waals surface area contributed by atoms with Crippen LogP contribution in [-0.4, -0.2) is 50.4 Å². The highest BCUT2D eigenvalue weighted by atomic mass is 35.5. The molecular formula is C18H26ClN3O2. The van der Waals surface area contributed by atoms with Gasteiger partial charge in [-0.15, -0.1) is 0 Å². The number of amides is 2. The maximum Gasteiger partial charge on any atom is 0.227 e. The van der Waals surface area contributed by atoms with E-state index in [4.69, 9.17) is 11.6 Å². The lowest BCUT2D eigenvalue weighted by Gasteiger charge is -2.21. The number of nitrogens with one attached hydrogen (secondary N) is 1. The summed E-state index contributed by atoms with van der Waals surface area (Å²) in [5.74, 6) is -0.406. The van der Waals surface area contributed by atoms with Crippen molar-refractivity contribution in [3.8, 4) is 0 Å². The van der Waals surface area contributed by atoms with Crippen LogP contribution in [0.3, 0.4) is 0 Å². The molecule has 0 radical (unpaired) electrons. The predicted molar refractivity (Wildman–Crippen MR) is 97.6 cm³/mol. The molecule has 1 aliphatic heterocycles. The fourth-order valence-electron chi connectivity index (χ4n) is 3.10. The smallest absolute Gasteiger partial charge is 0.227 e. The van der Waals surface area contributed by atoms with E-state index in [1.165, 1.54) is 0 Å². The van der Waals surface area contributed by atoms with E-state index in [0.717, 1.165) is 29.8 Å². The Kier molecular flexibility index (Phi) is 6.24. The summed E-state index contributed by atoms with van der Waals surface area (Å²) in [6.45, 7) is 5.86. The topological polar surface area (TPSA) is 52.7 Å². The Hall–Kier alpha value is -1.59. The molecule has 0 aliphatic carbocycles. The Balaban J connectivity index is 2.00. The standard InChI is InChI=1S/C18H26ClN3O2/c1-12-8-13(2)17(15(19)9-12)22-11-14(10-16(22)23)18(24)20-6-5-7-21(3)4/h8-9,14H,5-7,10-11H2,1-4H3,(H,20,24). The van der Waals surface area contributed by atoms with Gasteiger partial charge >= 0.3 is 0 Å². The van der Waals surface area contributed by atoms with E-state index < -0.39 is 0 Å². The number of rotatable bonds is 6. The SMILES string of the molecule is Cc1cc(C)c(N2CC(C(=O)NCCCN(C)C)CC2=O)c(Cl)c1. The highest BCUT2D eigenvalue weighted by Gasteiger charge is 2.36. The van der Waals surface area contributed by atoms with Crippen LogP contribution in [0.2, 0.25) is 5.02 Å². The van der Waals surface area contributed by atoms with Crippen LogP contribution < -0.4 is 10.2 Å². The molecular weight excluding hydrogens is 326 g/mol. The molecule has 1 atom stereocenters. The second kappa shape index (κ2) is 7.99. The van der Waals surface area contributed by atoms with Crippen molar-refractivity contribution in [3.05, 3.63) is 28.3 Å². The molecule has 1 saturated heterocycles. The maximum atomic E-state index is 12.4. The molecule has 1 aromatic rings. The Bertz CT molecular complexity index is 608. The van der Waals surface area contributed by atoms with Gasteiger partial charge in [-0.2, -0.15) is 0 Å². The summed E-state index contributed by atoms with van der Waals surface area (Å²) in [5.41, 5.74) is 2.75. The van der Waals surface area contributed by atoms with E-state index in [-0.39, 0.29) is 24.2 Å². The second-order valence-corrected chi connectivity index (χ2v) is 7.17. The van der Waals surface area contributed by atoms with E-state index in [2.05, 4.69) is 10.2 Å². The van der Waals surface area contributed by atoms with Crippen molar-refractivity contribution in [3.63, 3.8) is 0 Å². The molecule has 2 rings (SSSR count). The molecule has 0 aromatic heterocycles. The summed E-state index contributed by atoms with van der Waals surface area (Å²) >= 11 is 6.34. The van der Waals surface area contributed by atoms with Crippen LogP contribution in [0.4, 0.5) is 5.69 Å². The van der Waals surface area contributed by atoms with Gasteiger partial charge in [0.1, 0.15) is 0 Å². The monoisotopic (exact) mass is 351 g/mol. The zero-order valence-corrected chi connectivity index (χ0v) is 15.6. The minimum atomic E-state index is -0.311. The largest absolute Gasteiger partial charge is 0.356 e. The van der Waals surface area contributed by atoms with Crippen molar-refractivity contribution in [1.82, 2.24) is 10.2 Å². The van der Waals surface area contributed by atoms with Gasteiger partial charge in [0.2, 0.25) is 11.8 Å². The number of nitrogens with zero attached hydrogens (tertiary/aromatic N) is 2. The van der Waals surface area contributed by atoms with Crippen LogP contribution in [0.25, 0.3) is 0 Å². The Morgan fingerprint density at radius 1 is 1.38 bits per heavy atom. The number of hydrogen-bond donors (Lipinski definition) is 1. The molecule has 24 heavy (non-hydrogen) atoms. The first kappa shape index (κ1) is 18.7. The number of halogens is 1. The number of carbonyl (C=O) groups excluding carboxylic acids is 2. The first-order valence-electron chi connectivity index (χ1n) is 8.29. The van der Waals surface area contributed by atoms with Crippen molar-refractivity contribution in [2.24, 2.45) is 5.92 Å². The summed E-state index contributed by atoms with van der Waals surface area (Å²) in [6, 6.07) is 3.86. The molecule has 2 amide bonds. The summed E-state index contributed by atoms with van der Waals surface area (Å²) in [5, 5.41) is 3.50. The van der Waals surface area contributed by atoms with Crippen molar-refractivity contribution in [1.29, 1.82) is 0 Å². The lowest BCUT2D eigenvalue weighted by molar-refractivity contribution is -0.126. The van der Waals surface area contributed by atoms with Crippen LogP contribution in [0, 0.1) is 19.8 Å². The fourth-order valence-corrected chi connectivity index (χ4v) is 3.52. The molecule has 1 N–H and O–H groups in total. The maximum absolute atomic E-state index is 12.4. The van der Waals surface area contributed by atoms with Crippen LogP contribution in [0.5, 0.6) is 0 Å². The molecule has 0 saturated carbocycles. The minimum Gasteiger partial charge on any atom is -0.356 e. The molecule has 1 unspecified atom stereocenters. The molecule has 1 heterocycles. The van der Waals surface area contributed by atoms with Gasteiger partial charge in [0, 0.05) is 19.5 Å². The average molecular weight is 352 g/mol. The summed E-state index contributed by atoms with van der Waals surface area (Å²) in [6.07, 6.45) is 1.13. The quantitative estimate of drug-likeness (QED) is 0.800. The molecule has 0 bridgehead atoms. The average Bonchev–Trinajstić information content (AvgIpc) is 2.84. The highest BCUT2D eigenvalue weighted by molar-refractivity contribution is 6.34. The lowest BCUT2D eigenvalue weighted by Crippen LogP contribution is -2.34. The van der Waals surface area contributed by atoms with Crippen molar-refractivity contribution >= 4 is 29.1 Å². The summed E-state index contributed by atoms with van der Waals surface area (Å²) < 4.78 is 0.